The molecule has 23 heavy (non-hydrogen) atoms. The van der Waals surface area contributed by atoms with Crippen LogP contribution in [-0.2, 0) is 0 Å². The van der Waals surface area contributed by atoms with Crippen LogP contribution >= 0.6 is 11.3 Å². The Balaban J connectivity index is 1.48. The maximum atomic E-state index is 4.53. The number of pyridine rings is 1. The first-order valence-electron chi connectivity index (χ1n) is 7.90. The lowest BCUT2D eigenvalue weighted by Gasteiger charge is -2.37. The van der Waals surface area contributed by atoms with E-state index in [-0.39, 0.29) is 0 Å². The van der Waals surface area contributed by atoms with E-state index in [4.69, 9.17) is 0 Å². The number of hydrogen-bond acceptors (Lipinski definition) is 6. The number of anilines is 2. The van der Waals surface area contributed by atoms with E-state index in [1.165, 1.54) is 5.39 Å². The van der Waals surface area contributed by atoms with E-state index in [1.807, 2.05) is 18.3 Å². The van der Waals surface area contributed by atoms with Gasteiger partial charge in [0.25, 0.3) is 0 Å². The number of rotatable bonds is 3. The van der Waals surface area contributed by atoms with Crippen LogP contribution < -0.4 is 9.80 Å². The molecule has 3 aromatic rings. The second-order valence-electron chi connectivity index (χ2n) is 5.85. The molecule has 0 unspecified atom stereocenters. The summed E-state index contributed by atoms with van der Waals surface area (Å²) < 4.78 is 0. The lowest BCUT2D eigenvalue weighted by Crippen LogP contribution is -2.44. The predicted molar refractivity (Wildman–Crippen MR) is 95.3 cm³/mol. The van der Waals surface area contributed by atoms with Crippen LogP contribution in [0.5, 0.6) is 0 Å². The highest BCUT2D eigenvalue weighted by molar-refractivity contribution is 7.16. The van der Waals surface area contributed by atoms with Crippen molar-refractivity contribution in [1.82, 2.24) is 15.0 Å². The summed E-state index contributed by atoms with van der Waals surface area (Å²) in [5.74, 6) is 2.13. The molecule has 4 heterocycles. The normalized spacial score (nSPS) is 16.0. The Morgan fingerprint density at radius 1 is 1.13 bits per heavy atom. The minimum Gasteiger partial charge on any atom is -0.357 e. The van der Waals surface area contributed by atoms with Gasteiger partial charge < -0.3 is 9.80 Å². The quantitative estimate of drug-likeness (QED) is 0.740. The van der Waals surface area contributed by atoms with Gasteiger partial charge in [-0.25, -0.2) is 15.0 Å². The zero-order valence-corrected chi connectivity index (χ0v) is 13.9. The fourth-order valence-corrected chi connectivity index (χ4v) is 3.97. The van der Waals surface area contributed by atoms with Crippen LogP contribution in [0.25, 0.3) is 10.2 Å². The van der Waals surface area contributed by atoms with Gasteiger partial charge in [0.15, 0.2) is 0 Å². The maximum Gasteiger partial charge on any atom is 0.140 e. The van der Waals surface area contributed by atoms with Gasteiger partial charge in [0.05, 0.1) is 5.39 Å². The number of thiophene rings is 1. The monoisotopic (exact) mass is 325 g/mol. The van der Waals surface area contributed by atoms with Crippen LogP contribution in [0.15, 0.2) is 42.2 Å². The molecule has 0 aliphatic carbocycles. The molecule has 0 aromatic carbocycles. The molecule has 3 aromatic heterocycles. The minimum atomic E-state index is 0.529. The maximum absolute atomic E-state index is 4.53. The Kier molecular flexibility index (Phi) is 3.83. The van der Waals surface area contributed by atoms with Gasteiger partial charge in [-0.1, -0.05) is 6.07 Å². The van der Waals surface area contributed by atoms with Gasteiger partial charge in [-0.05, 0) is 36.4 Å². The first-order chi connectivity index (χ1) is 11.3. The molecule has 0 amide bonds. The number of hydrogen-bond donors (Lipinski definition) is 0. The molecule has 0 N–H and O–H groups in total. The van der Waals surface area contributed by atoms with E-state index in [2.05, 4.69) is 49.3 Å². The third-order valence-corrected chi connectivity index (χ3v) is 5.38. The Morgan fingerprint density at radius 2 is 2.00 bits per heavy atom. The van der Waals surface area contributed by atoms with E-state index in [9.17, 15) is 0 Å². The zero-order valence-electron chi connectivity index (χ0n) is 13.1. The molecule has 5 nitrogen and oxygen atoms in total. The highest BCUT2D eigenvalue weighted by atomic mass is 32.1. The van der Waals surface area contributed by atoms with Crippen LogP contribution in [0.1, 0.15) is 12.8 Å². The Labute approximate surface area is 139 Å². The second-order valence-corrected chi connectivity index (χ2v) is 6.75. The summed E-state index contributed by atoms with van der Waals surface area (Å²) in [7, 11) is 2.14. The molecule has 1 aliphatic heterocycles. The summed E-state index contributed by atoms with van der Waals surface area (Å²) in [5.41, 5.74) is 0. The molecular formula is C17H19N5S. The van der Waals surface area contributed by atoms with E-state index in [1.54, 1.807) is 17.7 Å². The third-order valence-electron chi connectivity index (χ3n) is 4.56. The summed E-state index contributed by atoms with van der Waals surface area (Å²) in [4.78, 5) is 19.1. The Hall–Kier alpha value is -2.21. The van der Waals surface area contributed by atoms with Gasteiger partial charge in [-0.3, -0.25) is 0 Å². The topological polar surface area (TPSA) is 45.2 Å². The average molecular weight is 325 g/mol. The zero-order chi connectivity index (χ0) is 15.6. The molecule has 0 atom stereocenters. The van der Waals surface area contributed by atoms with Gasteiger partial charge in [-0.15, -0.1) is 11.3 Å². The fraction of sp³-hybridized carbons (Fsp3) is 0.353. The fourth-order valence-electron chi connectivity index (χ4n) is 3.24. The van der Waals surface area contributed by atoms with Gasteiger partial charge >= 0.3 is 0 Å². The molecule has 6 heteroatoms. The number of aromatic nitrogens is 3. The highest BCUT2D eigenvalue weighted by Gasteiger charge is 2.25. The smallest absolute Gasteiger partial charge is 0.140 e. The molecule has 0 bridgehead atoms. The standard InChI is InChI=1S/C17H19N5S/c1-21(15-4-2-3-8-18-15)13-5-9-22(10-6-13)16-14-7-11-23-17(14)20-12-19-16/h2-4,7-8,11-13H,5-6,9-10H2,1H3. The summed E-state index contributed by atoms with van der Waals surface area (Å²) in [6.45, 7) is 2.04. The van der Waals surface area contributed by atoms with Gasteiger partial charge in [0, 0.05) is 32.4 Å². The summed E-state index contributed by atoms with van der Waals surface area (Å²) in [6.07, 6.45) is 5.76. The predicted octanol–water partition coefficient (Wildman–Crippen LogP) is 3.19. The highest BCUT2D eigenvalue weighted by Crippen LogP contribution is 2.29. The summed E-state index contributed by atoms with van der Waals surface area (Å²) in [5, 5.41) is 3.26. The molecule has 0 saturated carbocycles. The van der Waals surface area contributed by atoms with Crippen LogP contribution in [0.2, 0.25) is 0 Å². The number of fused-ring (bicyclic) bond motifs is 1. The van der Waals surface area contributed by atoms with E-state index in [0.29, 0.717) is 6.04 Å². The van der Waals surface area contributed by atoms with Crippen molar-refractivity contribution < 1.29 is 0 Å². The summed E-state index contributed by atoms with van der Waals surface area (Å²) >= 11 is 1.67. The molecule has 0 spiro atoms. The van der Waals surface area contributed by atoms with E-state index in [0.717, 1.165) is 42.4 Å². The molecular weight excluding hydrogens is 306 g/mol. The van der Waals surface area contributed by atoms with Crippen molar-refractivity contribution in [2.24, 2.45) is 0 Å². The Morgan fingerprint density at radius 3 is 2.78 bits per heavy atom. The summed E-state index contributed by atoms with van der Waals surface area (Å²) in [6, 6.07) is 8.73. The molecule has 1 aliphatic rings. The van der Waals surface area contributed by atoms with Crippen LogP contribution in [0, 0.1) is 0 Å². The lowest BCUT2D eigenvalue weighted by atomic mass is 10.0. The molecule has 0 radical (unpaired) electrons. The first kappa shape index (κ1) is 14.4. The second kappa shape index (κ2) is 6.12. The largest absolute Gasteiger partial charge is 0.357 e. The van der Waals surface area contributed by atoms with Crippen molar-refractivity contribution in [2.45, 2.75) is 18.9 Å². The van der Waals surface area contributed by atoms with Gasteiger partial charge in [-0.2, -0.15) is 0 Å². The lowest BCUT2D eigenvalue weighted by molar-refractivity contribution is 0.479. The first-order valence-corrected chi connectivity index (χ1v) is 8.78. The van der Waals surface area contributed by atoms with Crippen LogP contribution in [-0.4, -0.2) is 41.1 Å². The average Bonchev–Trinajstić information content (AvgIpc) is 3.11. The van der Waals surface area contributed by atoms with Crippen molar-refractivity contribution in [3.63, 3.8) is 0 Å². The Bertz CT molecular complexity index is 780. The van der Waals surface area contributed by atoms with Gasteiger partial charge in [0.1, 0.15) is 22.8 Å². The van der Waals surface area contributed by atoms with E-state index < -0.39 is 0 Å². The molecule has 1 fully saturated rings. The minimum absolute atomic E-state index is 0.529. The van der Waals surface area contributed by atoms with Crippen molar-refractivity contribution >= 4 is 33.2 Å². The van der Waals surface area contributed by atoms with E-state index >= 15 is 0 Å². The van der Waals surface area contributed by atoms with Crippen LogP contribution in [0.3, 0.4) is 0 Å². The van der Waals surface area contributed by atoms with Crippen molar-refractivity contribution in [3.05, 3.63) is 42.2 Å². The molecule has 1 saturated heterocycles. The number of piperidine rings is 1. The molecule has 4 rings (SSSR count). The van der Waals surface area contributed by atoms with Crippen molar-refractivity contribution in [2.75, 3.05) is 29.9 Å². The van der Waals surface area contributed by atoms with Crippen molar-refractivity contribution in [1.29, 1.82) is 0 Å². The third kappa shape index (κ3) is 2.74. The molecule has 118 valence electrons. The van der Waals surface area contributed by atoms with Gasteiger partial charge in [0.2, 0.25) is 0 Å². The van der Waals surface area contributed by atoms with Crippen molar-refractivity contribution in [3.8, 4) is 0 Å². The van der Waals surface area contributed by atoms with Crippen LogP contribution in [0.4, 0.5) is 11.6 Å². The SMILES string of the molecule is CN(c1ccccn1)C1CCN(c2ncnc3sccc23)CC1. The number of nitrogens with zero attached hydrogens (tertiary/aromatic N) is 5.